The molecule has 0 bridgehead atoms. The molecule has 0 atom stereocenters. The van der Waals surface area contributed by atoms with Crippen molar-refractivity contribution in [3.63, 3.8) is 0 Å². The second kappa shape index (κ2) is 4.39. The SMILES string of the molecule is CC(=NNc1cccc(C(F)(F)F)c1)C1CC1. The fourth-order valence-corrected chi connectivity index (χ4v) is 1.51. The molecule has 0 aliphatic heterocycles. The molecule has 1 aliphatic rings. The molecule has 5 heteroatoms. The van der Waals surface area contributed by atoms with Gasteiger partial charge in [-0.1, -0.05) is 6.07 Å². The summed E-state index contributed by atoms with van der Waals surface area (Å²) in [7, 11) is 0. The van der Waals surface area contributed by atoms with Crippen molar-refractivity contribution in [2.75, 3.05) is 5.43 Å². The van der Waals surface area contributed by atoms with Crippen LogP contribution in [0.3, 0.4) is 0 Å². The van der Waals surface area contributed by atoms with Gasteiger partial charge >= 0.3 is 6.18 Å². The van der Waals surface area contributed by atoms with E-state index in [2.05, 4.69) is 10.5 Å². The highest BCUT2D eigenvalue weighted by molar-refractivity contribution is 5.86. The number of benzene rings is 1. The largest absolute Gasteiger partial charge is 0.416 e. The molecule has 1 aromatic rings. The molecule has 0 spiro atoms. The maximum atomic E-state index is 12.4. The van der Waals surface area contributed by atoms with Crippen LogP contribution in [-0.2, 0) is 6.18 Å². The molecule has 1 N–H and O–H groups in total. The van der Waals surface area contributed by atoms with Crippen LogP contribution in [0.5, 0.6) is 0 Å². The first-order chi connectivity index (χ1) is 7.97. The van der Waals surface area contributed by atoms with E-state index in [9.17, 15) is 13.2 Å². The molecule has 1 fully saturated rings. The molecule has 0 unspecified atom stereocenters. The lowest BCUT2D eigenvalue weighted by Crippen LogP contribution is -2.05. The van der Waals surface area contributed by atoms with Gasteiger partial charge in [0.05, 0.1) is 11.3 Å². The van der Waals surface area contributed by atoms with E-state index < -0.39 is 11.7 Å². The summed E-state index contributed by atoms with van der Waals surface area (Å²) in [4.78, 5) is 0. The van der Waals surface area contributed by atoms with Gasteiger partial charge in [0.15, 0.2) is 0 Å². The van der Waals surface area contributed by atoms with E-state index in [-0.39, 0.29) is 0 Å². The number of nitrogens with one attached hydrogen (secondary N) is 1. The van der Waals surface area contributed by atoms with Crippen LogP contribution < -0.4 is 5.43 Å². The minimum absolute atomic E-state index is 0.361. The van der Waals surface area contributed by atoms with Gasteiger partial charge in [-0.3, -0.25) is 5.43 Å². The van der Waals surface area contributed by atoms with Crippen molar-refractivity contribution in [2.24, 2.45) is 11.0 Å². The molecule has 0 radical (unpaired) electrons. The zero-order valence-electron chi connectivity index (χ0n) is 9.38. The van der Waals surface area contributed by atoms with Crippen LogP contribution in [0, 0.1) is 5.92 Å². The Morgan fingerprint density at radius 2 is 2.06 bits per heavy atom. The third-order valence-corrected chi connectivity index (χ3v) is 2.72. The van der Waals surface area contributed by atoms with Crippen LogP contribution in [0.15, 0.2) is 29.4 Å². The maximum absolute atomic E-state index is 12.4. The highest BCUT2D eigenvalue weighted by Crippen LogP contribution is 2.32. The molecule has 0 heterocycles. The van der Waals surface area contributed by atoms with E-state index >= 15 is 0 Å². The van der Waals surface area contributed by atoms with Crippen molar-refractivity contribution >= 4 is 11.4 Å². The van der Waals surface area contributed by atoms with Gasteiger partial charge in [0.2, 0.25) is 0 Å². The van der Waals surface area contributed by atoms with Crippen molar-refractivity contribution in [1.29, 1.82) is 0 Å². The topological polar surface area (TPSA) is 24.4 Å². The summed E-state index contributed by atoms with van der Waals surface area (Å²) >= 11 is 0. The number of halogens is 3. The van der Waals surface area contributed by atoms with Crippen LogP contribution in [0.4, 0.5) is 18.9 Å². The van der Waals surface area contributed by atoms with Gasteiger partial charge in [-0.2, -0.15) is 18.3 Å². The summed E-state index contributed by atoms with van der Waals surface area (Å²) in [6, 6.07) is 5.04. The summed E-state index contributed by atoms with van der Waals surface area (Å²) in [5.41, 5.74) is 3.31. The Morgan fingerprint density at radius 3 is 2.65 bits per heavy atom. The number of anilines is 1. The lowest BCUT2D eigenvalue weighted by atomic mass is 10.2. The quantitative estimate of drug-likeness (QED) is 0.630. The molecule has 0 amide bonds. The number of hydrogen-bond donors (Lipinski definition) is 1. The van der Waals surface area contributed by atoms with E-state index in [4.69, 9.17) is 0 Å². The molecule has 0 aromatic heterocycles. The molecule has 2 rings (SSSR count). The third kappa shape index (κ3) is 3.22. The van der Waals surface area contributed by atoms with E-state index in [1.807, 2.05) is 6.92 Å². The zero-order chi connectivity index (χ0) is 12.5. The average Bonchev–Trinajstić information content (AvgIpc) is 3.09. The highest BCUT2D eigenvalue weighted by atomic mass is 19.4. The van der Waals surface area contributed by atoms with Crippen molar-refractivity contribution < 1.29 is 13.2 Å². The smallest absolute Gasteiger partial charge is 0.279 e. The monoisotopic (exact) mass is 242 g/mol. The predicted molar refractivity (Wildman–Crippen MR) is 60.9 cm³/mol. The Bertz CT molecular complexity index is 434. The molecular weight excluding hydrogens is 229 g/mol. The molecule has 1 saturated carbocycles. The van der Waals surface area contributed by atoms with Crippen molar-refractivity contribution in [1.82, 2.24) is 0 Å². The maximum Gasteiger partial charge on any atom is 0.416 e. The summed E-state index contributed by atoms with van der Waals surface area (Å²) in [6.07, 6.45) is -2.06. The van der Waals surface area contributed by atoms with Gasteiger partial charge in [0.25, 0.3) is 0 Å². The first-order valence-electron chi connectivity index (χ1n) is 5.44. The van der Waals surface area contributed by atoms with Gasteiger partial charge in [-0.05, 0) is 43.9 Å². The average molecular weight is 242 g/mol. The van der Waals surface area contributed by atoms with Crippen molar-refractivity contribution in [3.05, 3.63) is 29.8 Å². The van der Waals surface area contributed by atoms with Crippen LogP contribution >= 0.6 is 0 Å². The van der Waals surface area contributed by atoms with E-state index in [0.29, 0.717) is 11.6 Å². The lowest BCUT2D eigenvalue weighted by Gasteiger charge is -2.08. The fourth-order valence-electron chi connectivity index (χ4n) is 1.51. The summed E-state index contributed by atoms with van der Waals surface area (Å²) in [5.74, 6) is 0.508. The molecule has 2 nitrogen and oxygen atoms in total. The number of alkyl halides is 3. The number of rotatable bonds is 3. The van der Waals surface area contributed by atoms with Gasteiger partial charge < -0.3 is 0 Å². The molecule has 1 aromatic carbocycles. The van der Waals surface area contributed by atoms with E-state index in [0.717, 1.165) is 30.7 Å². The lowest BCUT2D eigenvalue weighted by molar-refractivity contribution is -0.137. The molecule has 1 aliphatic carbocycles. The second-order valence-electron chi connectivity index (χ2n) is 4.22. The normalized spacial score (nSPS) is 17.1. The summed E-state index contributed by atoms with van der Waals surface area (Å²) in [5, 5.41) is 4.08. The summed E-state index contributed by atoms with van der Waals surface area (Å²) < 4.78 is 37.3. The Hall–Kier alpha value is -1.52. The van der Waals surface area contributed by atoms with Crippen molar-refractivity contribution in [2.45, 2.75) is 25.9 Å². The number of hydrogen-bond acceptors (Lipinski definition) is 2. The summed E-state index contributed by atoms with van der Waals surface area (Å²) in [6.45, 7) is 1.89. The van der Waals surface area contributed by atoms with Gasteiger partial charge in [-0.25, -0.2) is 0 Å². The second-order valence-corrected chi connectivity index (χ2v) is 4.22. The van der Waals surface area contributed by atoms with Gasteiger partial charge in [0.1, 0.15) is 0 Å². The third-order valence-electron chi connectivity index (χ3n) is 2.72. The van der Waals surface area contributed by atoms with Gasteiger partial charge in [-0.15, -0.1) is 0 Å². The van der Waals surface area contributed by atoms with E-state index in [1.54, 1.807) is 6.07 Å². The standard InChI is InChI=1S/C12H13F3N2/c1-8(9-5-6-9)16-17-11-4-2-3-10(7-11)12(13,14)15/h2-4,7,9,17H,5-6H2,1H3. The van der Waals surface area contributed by atoms with E-state index in [1.165, 1.54) is 6.07 Å². The van der Waals surface area contributed by atoms with Crippen LogP contribution in [0.2, 0.25) is 0 Å². The first-order valence-corrected chi connectivity index (χ1v) is 5.44. The Labute approximate surface area is 97.5 Å². The predicted octanol–water partition coefficient (Wildman–Crippen LogP) is 3.90. The van der Waals surface area contributed by atoms with Gasteiger partial charge in [0, 0.05) is 5.71 Å². The first kappa shape index (κ1) is 12.0. The molecule has 0 saturated heterocycles. The molecular formula is C12H13F3N2. The number of nitrogens with zero attached hydrogens (tertiary/aromatic N) is 1. The zero-order valence-corrected chi connectivity index (χ0v) is 9.38. The Morgan fingerprint density at radius 1 is 1.35 bits per heavy atom. The van der Waals surface area contributed by atoms with Crippen molar-refractivity contribution in [3.8, 4) is 0 Å². The minimum atomic E-state index is -4.31. The van der Waals surface area contributed by atoms with Crippen LogP contribution in [0.1, 0.15) is 25.3 Å². The molecule has 92 valence electrons. The highest BCUT2D eigenvalue weighted by Gasteiger charge is 2.30. The Kier molecular flexibility index (Phi) is 3.09. The fraction of sp³-hybridized carbons (Fsp3) is 0.417. The minimum Gasteiger partial charge on any atom is -0.279 e. The Balaban J connectivity index is 2.08. The number of hydrazone groups is 1. The van der Waals surface area contributed by atoms with Crippen LogP contribution in [-0.4, -0.2) is 5.71 Å². The molecule has 17 heavy (non-hydrogen) atoms. The van der Waals surface area contributed by atoms with Crippen LogP contribution in [0.25, 0.3) is 0 Å².